The Kier molecular flexibility index (Phi) is 2.75. The van der Waals surface area contributed by atoms with E-state index in [1.807, 2.05) is 42.5 Å². The van der Waals surface area contributed by atoms with Crippen molar-refractivity contribution < 1.29 is 14.0 Å². The van der Waals surface area contributed by atoms with Crippen LogP contribution in [0.1, 0.15) is 5.82 Å². The summed E-state index contributed by atoms with van der Waals surface area (Å²) in [4.78, 5) is 11.8. The Hall–Kier alpha value is -3.02. The van der Waals surface area contributed by atoms with E-state index in [-0.39, 0.29) is 6.61 Å². The van der Waals surface area contributed by atoms with Gasteiger partial charge in [0.2, 0.25) is 0 Å². The summed E-state index contributed by atoms with van der Waals surface area (Å²) in [5.41, 5.74) is 2.62. The number of ether oxygens (including phenoxy) is 2. The molecule has 2 heterocycles. The van der Waals surface area contributed by atoms with Crippen molar-refractivity contribution in [2.75, 3.05) is 7.11 Å². The molecule has 0 radical (unpaired) electrons. The van der Waals surface area contributed by atoms with Gasteiger partial charge in [-0.2, -0.15) is 0 Å². The Labute approximate surface area is 125 Å². The van der Waals surface area contributed by atoms with Crippen LogP contribution in [0.25, 0.3) is 16.8 Å². The molecule has 0 aliphatic carbocycles. The summed E-state index contributed by atoms with van der Waals surface area (Å²) in [6.07, 6.45) is 0. The molecule has 1 aromatic heterocycles. The number of fused-ring (bicyclic) bond motifs is 3. The summed E-state index contributed by atoms with van der Waals surface area (Å²) in [6, 6.07) is 13.4. The molecule has 0 unspecified atom stereocenters. The first kappa shape index (κ1) is 12.7. The molecule has 0 atom stereocenters. The molecule has 0 saturated carbocycles. The molecule has 110 valence electrons. The minimum Gasteiger partial charge on any atom is -0.497 e. The lowest BCUT2D eigenvalue weighted by atomic mass is 10.0. The second-order valence-electron chi connectivity index (χ2n) is 4.90. The number of hydrogen-bond acceptors (Lipinski definition) is 5. The van der Waals surface area contributed by atoms with Crippen LogP contribution in [0.2, 0.25) is 0 Å². The average Bonchev–Trinajstić information content (AvgIpc) is 2.96. The third-order valence-electron chi connectivity index (χ3n) is 3.65. The standard InChI is InChI=1S/C16H12N2O4/c1-20-12-5-2-10(3-6-12)11-4-7-14-13(8-11)18-15(9-21-14)17-22-16(18)19/h2-8H,9H2,1H3. The van der Waals surface area contributed by atoms with Crippen molar-refractivity contribution in [1.82, 2.24) is 9.72 Å². The molecule has 0 bridgehead atoms. The maximum atomic E-state index is 11.8. The maximum Gasteiger partial charge on any atom is 0.446 e. The topological polar surface area (TPSA) is 66.5 Å². The second kappa shape index (κ2) is 4.77. The van der Waals surface area contributed by atoms with Gasteiger partial charge < -0.3 is 9.47 Å². The van der Waals surface area contributed by atoms with Crippen LogP contribution in [0.4, 0.5) is 0 Å². The molecule has 0 saturated heterocycles. The van der Waals surface area contributed by atoms with Crippen molar-refractivity contribution in [1.29, 1.82) is 0 Å². The molecule has 0 spiro atoms. The fourth-order valence-electron chi connectivity index (χ4n) is 2.53. The number of benzene rings is 2. The minimum atomic E-state index is -0.508. The highest BCUT2D eigenvalue weighted by atomic mass is 16.5. The van der Waals surface area contributed by atoms with Gasteiger partial charge in [0, 0.05) is 0 Å². The molecule has 4 rings (SSSR count). The molecule has 0 N–H and O–H groups in total. The monoisotopic (exact) mass is 296 g/mol. The predicted molar refractivity (Wildman–Crippen MR) is 78.4 cm³/mol. The first-order chi connectivity index (χ1) is 10.8. The number of hydrogen-bond donors (Lipinski definition) is 0. The zero-order valence-electron chi connectivity index (χ0n) is 11.8. The molecule has 1 aliphatic heterocycles. The van der Waals surface area contributed by atoms with Gasteiger partial charge in [-0.15, -0.1) is 0 Å². The minimum absolute atomic E-state index is 0.223. The van der Waals surface area contributed by atoms with Crippen LogP contribution in [0, 0.1) is 0 Å². The van der Waals surface area contributed by atoms with Crippen LogP contribution in [0.15, 0.2) is 51.8 Å². The van der Waals surface area contributed by atoms with E-state index in [0.717, 1.165) is 16.9 Å². The summed E-state index contributed by atoms with van der Waals surface area (Å²) in [6.45, 7) is 0.223. The normalized spacial score (nSPS) is 12.2. The number of rotatable bonds is 2. The molecular formula is C16H12N2O4. The smallest absolute Gasteiger partial charge is 0.446 e. The Morgan fingerprint density at radius 1 is 1.14 bits per heavy atom. The second-order valence-corrected chi connectivity index (χ2v) is 4.90. The number of nitrogens with zero attached hydrogens (tertiary/aromatic N) is 2. The van der Waals surface area contributed by atoms with E-state index in [1.54, 1.807) is 7.11 Å². The van der Waals surface area contributed by atoms with Gasteiger partial charge in [0.1, 0.15) is 11.5 Å². The van der Waals surface area contributed by atoms with Crippen LogP contribution in [-0.2, 0) is 6.61 Å². The summed E-state index contributed by atoms with van der Waals surface area (Å²) < 4.78 is 16.9. The SMILES string of the molecule is COc1ccc(-c2ccc3c(c2)-n2c(noc2=O)CO3)cc1. The highest BCUT2D eigenvalue weighted by molar-refractivity contribution is 5.69. The van der Waals surface area contributed by atoms with Crippen molar-refractivity contribution in [2.24, 2.45) is 0 Å². The fraction of sp³-hybridized carbons (Fsp3) is 0.125. The Balaban J connectivity index is 1.84. The highest BCUT2D eigenvalue weighted by Crippen LogP contribution is 2.32. The van der Waals surface area contributed by atoms with Gasteiger partial charge >= 0.3 is 5.76 Å². The predicted octanol–water partition coefficient (Wildman–Crippen LogP) is 2.39. The number of methoxy groups -OCH3 is 1. The first-order valence-corrected chi connectivity index (χ1v) is 6.75. The third-order valence-corrected chi connectivity index (χ3v) is 3.65. The van der Waals surface area contributed by atoms with Crippen molar-refractivity contribution in [3.8, 4) is 28.3 Å². The lowest BCUT2D eigenvalue weighted by molar-refractivity contribution is 0.274. The van der Waals surface area contributed by atoms with E-state index in [1.165, 1.54) is 4.57 Å². The molecule has 22 heavy (non-hydrogen) atoms. The van der Waals surface area contributed by atoms with Gasteiger partial charge in [-0.25, -0.2) is 9.36 Å². The van der Waals surface area contributed by atoms with Crippen LogP contribution in [-0.4, -0.2) is 16.8 Å². The fourth-order valence-corrected chi connectivity index (χ4v) is 2.53. The summed E-state index contributed by atoms with van der Waals surface area (Å²) in [7, 11) is 1.63. The van der Waals surface area contributed by atoms with Crippen LogP contribution < -0.4 is 15.2 Å². The van der Waals surface area contributed by atoms with Crippen molar-refractivity contribution >= 4 is 0 Å². The average molecular weight is 296 g/mol. The Bertz CT molecular complexity index is 893. The van der Waals surface area contributed by atoms with E-state index in [2.05, 4.69) is 5.16 Å². The van der Waals surface area contributed by atoms with Gasteiger partial charge in [-0.05, 0) is 35.4 Å². The third kappa shape index (κ3) is 1.88. The van der Waals surface area contributed by atoms with Gasteiger partial charge in [0.15, 0.2) is 12.4 Å². The first-order valence-electron chi connectivity index (χ1n) is 6.75. The zero-order valence-corrected chi connectivity index (χ0v) is 11.8. The Morgan fingerprint density at radius 3 is 2.68 bits per heavy atom. The molecule has 3 aromatic rings. The van der Waals surface area contributed by atoms with Crippen LogP contribution >= 0.6 is 0 Å². The quantitative estimate of drug-likeness (QED) is 0.726. The van der Waals surface area contributed by atoms with Crippen molar-refractivity contribution in [3.05, 3.63) is 58.8 Å². The van der Waals surface area contributed by atoms with Gasteiger partial charge in [0.25, 0.3) is 0 Å². The molecule has 2 aromatic carbocycles. The number of aromatic nitrogens is 2. The zero-order chi connectivity index (χ0) is 15.1. The molecular weight excluding hydrogens is 284 g/mol. The van der Waals surface area contributed by atoms with Crippen molar-refractivity contribution in [3.63, 3.8) is 0 Å². The van der Waals surface area contributed by atoms with Crippen LogP contribution in [0.5, 0.6) is 11.5 Å². The highest BCUT2D eigenvalue weighted by Gasteiger charge is 2.22. The maximum absolute atomic E-state index is 11.8. The molecule has 0 amide bonds. The largest absolute Gasteiger partial charge is 0.497 e. The van der Waals surface area contributed by atoms with Crippen molar-refractivity contribution in [2.45, 2.75) is 6.61 Å². The molecule has 6 nitrogen and oxygen atoms in total. The van der Waals surface area contributed by atoms with Gasteiger partial charge in [-0.3, -0.25) is 4.52 Å². The van der Waals surface area contributed by atoms with E-state index < -0.39 is 5.76 Å². The molecule has 1 aliphatic rings. The molecule has 6 heteroatoms. The van der Waals surface area contributed by atoms with E-state index in [0.29, 0.717) is 17.3 Å². The van der Waals surface area contributed by atoms with Crippen LogP contribution in [0.3, 0.4) is 0 Å². The van der Waals surface area contributed by atoms with E-state index in [9.17, 15) is 4.79 Å². The summed E-state index contributed by atoms with van der Waals surface area (Å²) in [5.74, 6) is 1.38. The lowest BCUT2D eigenvalue weighted by Crippen LogP contribution is -2.21. The summed E-state index contributed by atoms with van der Waals surface area (Å²) in [5, 5.41) is 3.71. The summed E-state index contributed by atoms with van der Waals surface area (Å²) >= 11 is 0. The molecule has 0 fully saturated rings. The Morgan fingerprint density at radius 2 is 1.91 bits per heavy atom. The van der Waals surface area contributed by atoms with E-state index >= 15 is 0 Å². The van der Waals surface area contributed by atoms with Gasteiger partial charge in [-0.1, -0.05) is 23.4 Å². The van der Waals surface area contributed by atoms with Gasteiger partial charge in [0.05, 0.1) is 12.8 Å². The lowest BCUT2D eigenvalue weighted by Gasteiger charge is -2.18. The van der Waals surface area contributed by atoms with E-state index in [4.69, 9.17) is 14.0 Å².